The molecule has 51 heavy (non-hydrogen) atoms. The molecule has 0 spiro atoms. The Balaban J connectivity index is 0.00000442. The monoisotopic (exact) mass is 717 g/mol. The van der Waals surface area contributed by atoms with Gasteiger partial charge >= 0.3 is 0 Å². The van der Waals surface area contributed by atoms with Gasteiger partial charge in [0.2, 0.25) is 0 Å². The molecule has 1 aliphatic rings. The van der Waals surface area contributed by atoms with Crippen LogP contribution in [0.4, 0.5) is 5.69 Å². The van der Waals surface area contributed by atoms with Crippen molar-refractivity contribution in [3.63, 3.8) is 0 Å². The van der Waals surface area contributed by atoms with Crippen LogP contribution in [0.25, 0.3) is 0 Å². The zero-order valence-corrected chi connectivity index (χ0v) is 32.0. The van der Waals surface area contributed by atoms with E-state index in [-0.39, 0.29) is 36.4 Å². The Morgan fingerprint density at radius 3 is 2.29 bits per heavy atom. The molecule has 276 valence electrons. The number of piperazine rings is 1. The molecule has 1 saturated heterocycles. The van der Waals surface area contributed by atoms with Gasteiger partial charge in [-0.05, 0) is 42.7 Å². The number of ether oxygens (including phenoxy) is 3. The van der Waals surface area contributed by atoms with Crippen molar-refractivity contribution in [1.29, 1.82) is 0 Å². The fourth-order valence-corrected chi connectivity index (χ4v) is 5.86. The minimum atomic E-state index is -0.179. The number of hydrogen-bond donors (Lipinski definition) is 1. The number of nitrogens with zero attached hydrogens (tertiary/aromatic N) is 3. The topological polar surface area (TPSA) is 88.6 Å². The first kappa shape index (κ1) is 42.8. The first-order chi connectivity index (χ1) is 24.7. The van der Waals surface area contributed by atoms with Crippen molar-refractivity contribution in [2.24, 2.45) is 0 Å². The quantitative estimate of drug-likeness (QED) is 0.0417. The lowest BCUT2D eigenvalue weighted by Gasteiger charge is -2.35. The Hall–Kier alpha value is -4.38. The molecule has 1 amide bonds. The van der Waals surface area contributed by atoms with Crippen LogP contribution in [-0.4, -0.2) is 88.6 Å². The number of likely N-dealkylation sites (N-methyl/N-ethyl adjacent to an activating group) is 1. The summed E-state index contributed by atoms with van der Waals surface area (Å²) in [4.78, 5) is 45.2. The maximum absolute atomic E-state index is 13.6. The average Bonchev–Trinajstić information content (AvgIpc) is 3.15. The second kappa shape index (κ2) is 23.9. The van der Waals surface area contributed by atoms with E-state index in [9.17, 15) is 14.4 Å². The van der Waals surface area contributed by atoms with E-state index in [1.807, 2.05) is 98.6 Å². The van der Waals surface area contributed by atoms with E-state index in [0.717, 1.165) is 29.1 Å². The van der Waals surface area contributed by atoms with Crippen molar-refractivity contribution in [3.05, 3.63) is 118 Å². The summed E-state index contributed by atoms with van der Waals surface area (Å²) in [6, 6.07) is 15.6. The smallest absolute Gasteiger partial charge is 0.253 e. The Kier molecular flexibility index (Phi) is 20.1. The fraction of sp³-hybridized carbons (Fsp3) is 0.390. The zero-order chi connectivity index (χ0) is 37.6. The van der Waals surface area contributed by atoms with E-state index in [4.69, 9.17) is 26.8 Å². The van der Waals surface area contributed by atoms with E-state index in [0.29, 0.717) is 62.2 Å². The lowest BCUT2D eigenvalue weighted by Crippen LogP contribution is -2.48. The largest absolute Gasteiger partial charge is 0.495 e. The van der Waals surface area contributed by atoms with Gasteiger partial charge in [-0.1, -0.05) is 81.1 Å². The molecule has 0 N–H and O–H groups in total. The minimum absolute atomic E-state index is 0.118. The molecule has 0 unspecified atom stereocenters. The molecule has 0 saturated carbocycles. The molecule has 0 aromatic heterocycles. The average molecular weight is 718 g/mol. The number of aldehydes is 1. The standard InChI is InChI=1S/C39H49N3O6S.C2H6/c1-6-7-8-9-10-11-15-33(44)27-40(3)36-16-13-12-14-32(36)25-37(49)35(28-43)38(47-5)30(2)39(45)42-23-21-41(22-24-42)26-31-17-19-34(20-18-31)48-29-46-4;1-2/h6-10,12-14,16-20,28,49H,1,11,15,21-27,29H2,2-5H3;1-2H3/b8-7-,10-9-,37-35-,38-30-;. The molecule has 0 bridgehead atoms. The van der Waals surface area contributed by atoms with E-state index in [2.05, 4.69) is 11.5 Å². The molecule has 1 aliphatic heterocycles. The number of Topliss-reactive ketones (excluding diaryl/α,β-unsaturated/α-hetero) is 1. The van der Waals surface area contributed by atoms with Crippen LogP contribution in [0, 0.1) is 0 Å². The summed E-state index contributed by atoms with van der Waals surface area (Å²) in [5, 5.41) is 0. The number of carbonyl (C=O) groups excluding carboxylic acids is 3. The van der Waals surface area contributed by atoms with Crippen LogP contribution in [-0.2, 0) is 36.8 Å². The van der Waals surface area contributed by atoms with E-state index >= 15 is 0 Å². The highest BCUT2D eigenvalue weighted by Gasteiger charge is 2.26. The van der Waals surface area contributed by atoms with Crippen molar-refractivity contribution in [2.45, 2.75) is 46.6 Å². The number of rotatable bonds is 19. The Morgan fingerprint density at radius 2 is 1.67 bits per heavy atom. The van der Waals surface area contributed by atoms with Gasteiger partial charge < -0.3 is 24.0 Å². The van der Waals surface area contributed by atoms with Gasteiger partial charge in [-0.25, -0.2) is 0 Å². The van der Waals surface area contributed by atoms with Crippen LogP contribution < -0.4 is 9.64 Å². The maximum Gasteiger partial charge on any atom is 0.253 e. The highest BCUT2D eigenvalue weighted by atomic mass is 32.1. The van der Waals surface area contributed by atoms with Crippen LogP contribution in [0.5, 0.6) is 5.75 Å². The summed E-state index contributed by atoms with van der Waals surface area (Å²) >= 11 is 4.73. The third kappa shape index (κ3) is 14.0. The van der Waals surface area contributed by atoms with Crippen LogP contribution in [0.15, 0.2) is 107 Å². The summed E-state index contributed by atoms with van der Waals surface area (Å²) in [7, 11) is 4.92. The summed E-state index contributed by atoms with van der Waals surface area (Å²) in [5.74, 6) is 0.899. The van der Waals surface area contributed by atoms with Crippen molar-refractivity contribution >= 4 is 36.3 Å². The lowest BCUT2D eigenvalue weighted by molar-refractivity contribution is -0.129. The number of benzene rings is 2. The van der Waals surface area contributed by atoms with Gasteiger partial charge in [-0.2, -0.15) is 0 Å². The second-order valence-electron chi connectivity index (χ2n) is 11.7. The van der Waals surface area contributed by atoms with E-state index in [1.165, 1.54) is 7.11 Å². The van der Waals surface area contributed by atoms with Gasteiger partial charge in [0.05, 0.1) is 24.8 Å². The van der Waals surface area contributed by atoms with Crippen LogP contribution in [0.1, 0.15) is 44.7 Å². The van der Waals surface area contributed by atoms with Crippen LogP contribution >= 0.6 is 12.6 Å². The second-order valence-corrected chi connectivity index (χ2v) is 12.2. The van der Waals surface area contributed by atoms with Gasteiger partial charge in [0.15, 0.2) is 18.9 Å². The number of amides is 1. The van der Waals surface area contributed by atoms with Crippen LogP contribution in [0.3, 0.4) is 0 Å². The molecule has 0 atom stereocenters. The number of para-hydroxylation sites is 1. The van der Waals surface area contributed by atoms with Crippen molar-refractivity contribution in [1.82, 2.24) is 9.80 Å². The molecule has 0 aliphatic carbocycles. The Bertz CT molecular complexity index is 1540. The Labute approximate surface area is 310 Å². The Morgan fingerprint density at radius 1 is 0.980 bits per heavy atom. The molecule has 3 rings (SSSR count). The third-order valence-electron chi connectivity index (χ3n) is 8.13. The summed E-state index contributed by atoms with van der Waals surface area (Å²) in [6.07, 6.45) is 11.4. The highest BCUT2D eigenvalue weighted by Crippen LogP contribution is 2.28. The number of methoxy groups -OCH3 is 2. The number of thiol groups is 1. The molecule has 2 aromatic rings. The highest BCUT2D eigenvalue weighted by molar-refractivity contribution is 7.84. The predicted molar refractivity (Wildman–Crippen MR) is 210 cm³/mol. The molecular formula is C41H55N3O6S. The summed E-state index contributed by atoms with van der Waals surface area (Å²) in [5.41, 5.74) is 3.48. The van der Waals surface area contributed by atoms with Gasteiger partial charge in [-0.15, -0.1) is 12.6 Å². The minimum Gasteiger partial charge on any atom is -0.495 e. The van der Waals surface area contributed by atoms with Gasteiger partial charge in [0.25, 0.3) is 5.91 Å². The first-order valence-electron chi connectivity index (χ1n) is 17.3. The van der Waals surface area contributed by atoms with Crippen LogP contribution in [0.2, 0.25) is 0 Å². The molecule has 1 heterocycles. The molecule has 10 heteroatoms. The number of allylic oxidation sites excluding steroid dienone is 7. The zero-order valence-electron chi connectivity index (χ0n) is 31.1. The third-order valence-corrected chi connectivity index (χ3v) is 8.53. The fourth-order valence-electron chi connectivity index (χ4n) is 5.54. The van der Waals surface area contributed by atoms with Gasteiger partial charge in [-0.3, -0.25) is 19.3 Å². The molecule has 0 radical (unpaired) electrons. The number of ketones is 1. The van der Waals surface area contributed by atoms with E-state index < -0.39 is 0 Å². The molecule has 9 nitrogen and oxygen atoms in total. The number of hydrogen-bond acceptors (Lipinski definition) is 9. The molecule has 1 fully saturated rings. The van der Waals surface area contributed by atoms with Crippen molar-refractivity contribution in [3.8, 4) is 5.75 Å². The first-order valence-corrected chi connectivity index (χ1v) is 17.8. The maximum atomic E-state index is 13.6. The summed E-state index contributed by atoms with van der Waals surface area (Å²) in [6.45, 7) is 13.1. The molecular weight excluding hydrogens is 663 g/mol. The van der Waals surface area contributed by atoms with Gasteiger partial charge in [0.1, 0.15) is 11.5 Å². The number of anilines is 1. The van der Waals surface area contributed by atoms with Crippen molar-refractivity contribution < 1.29 is 28.6 Å². The van der Waals surface area contributed by atoms with Crippen molar-refractivity contribution in [2.75, 3.05) is 65.7 Å². The predicted octanol–water partition coefficient (Wildman–Crippen LogP) is 6.97. The SMILES string of the molecule is C=C/C=C\C=C/CCC(=O)CN(C)c1ccccc1C/C(S)=C(C=O)/C(OC)=C(\C)C(=O)N1CCN(Cc2ccc(OCOC)cc2)CC1.CC. The summed E-state index contributed by atoms with van der Waals surface area (Å²) < 4.78 is 16.1. The van der Waals surface area contributed by atoms with E-state index in [1.54, 1.807) is 25.0 Å². The number of carbonyl (C=O) groups is 3. The normalized spacial score (nSPS) is 14.3. The van der Waals surface area contributed by atoms with Gasteiger partial charge in [0, 0.05) is 70.3 Å². The molecule has 2 aromatic carbocycles. The lowest BCUT2D eigenvalue weighted by atomic mass is 10.0.